The predicted octanol–water partition coefficient (Wildman–Crippen LogP) is 2.28. The first-order valence-corrected chi connectivity index (χ1v) is 5.48. The average molecular weight is 288 g/mol. The monoisotopic (exact) mass is 287 g/mol. The number of methoxy groups -OCH3 is 1. The third kappa shape index (κ3) is 2.00. The molecule has 0 saturated heterocycles. The number of pyridine rings is 1. The fourth-order valence-electron chi connectivity index (χ4n) is 1.38. The molecule has 0 bridgehead atoms. The molecule has 2 aromatic rings. The number of carbonyl (C=O) groups is 1. The maximum absolute atomic E-state index is 11.2. The summed E-state index contributed by atoms with van der Waals surface area (Å²) >= 11 is 11.8. The van der Waals surface area contributed by atoms with E-state index in [1.54, 1.807) is 12.1 Å². The number of aromatic carboxylic acids is 1. The molecule has 0 saturated carbocycles. The van der Waals surface area contributed by atoms with Crippen molar-refractivity contribution in [2.24, 2.45) is 0 Å². The van der Waals surface area contributed by atoms with Crippen molar-refractivity contribution < 1.29 is 14.6 Å². The van der Waals surface area contributed by atoms with Crippen molar-refractivity contribution in [3.63, 3.8) is 0 Å². The van der Waals surface area contributed by atoms with Crippen LogP contribution in [0.2, 0.25) is 10.0 Å². The molecule has 0 aliphatic heterocycles. The zero-order chi connectivity index (χ0) is 13.3. The first-order valence-electron chi connectivity index (χ1n) is 4.73. The van der Waals surface area contributed by atoms with Gasteiger partial charge in [0.05, 0.1) is 12.1 Å². The maximum Gasteiger partial charge on any atom is 0.356 e. The summed E-state index contributed by atoms with van der Waals surface area (Å²) in [6.45, 7) is 0. The van der Waals surface area contributed by atoms with E-state index < -0.39 is 5.97 Å². The quantitative estimate of drug-likeness (QED) is 0.937. The number of carboxylic acid groups (broad SMARTS) is 1. The van der Waals surface area contributed by atoms with Gasteiger partial charge in [-0.2, -0.15) is 0 Å². The van der Waals surface area contributed by atoms with Gasteiger partial charge >= 0.3 is 5.97 Å². The Balaban J connectivity index is 2.72. The van der Waals surface area contributed by atoms with Gasteiger partial charge in [0, 0.05) is 6.20 Å². The molecular formula is C10H7Cl2N3O3. The van der Waals surface area contributed by atoms with Gasteiger partial charge in [0.2, 0.25) is 0 Å². The molecule has 0 atom stereocenters. The Labute approximate surface area is 112 Å². The number of ether oxygens (including phenoxy) is 1. The Bertz CT molecular complexity index is 612. The third-order valence-corrected chi connectivity index (χ3v) is 2.77. The molecule has 8 heteroatoms. The first kappa shape index (κ1) is 12.7. The molecule has 94 valence electrons. The van der Waals surface area contributed by atoms with Gasteiger partial charge in [-0.1, -0.05) is 23.2 Å². The highest BCUT2D eigenvalue weighted by molar-refractivity contribution is 6.35. The molecule has 0 aromatic carbocycles. The fourth-order valence-corrected chi connectivity index (χ4v) is 1.86. The van der Waals surface area contributed by atoms with Crippen molar-refractivity contribution in [1.29, 1.82) is 0 Å². The third-order valence-electron chi connectivity index (χ3n) is 2.13. The van der Waals surface area contributed by atoms with Crippen LogP contribution in [0.1, 0.15) is 10.5 Å². The van der Waals surface area contributed by atoms with Gasteiger partial charge in [-0.3, -0.25) is 0 Å². The molecule has 2 aromatic heterocycles. The zero-order valence-electron chi connectivity index (χ0n) is 9.09. The minimum absolute atomic E-state index is 0.00390. The van der Waals surface area contributed by atoms with E-state index in [1.165, 1.54) is 13.3 Å². The maximum atomic E-state index is 11.2. The molecule has 2 heterocycles. The summed E-state index contributed by atoms with van der Waals surface area (Å²) in [5.74, 6) is -1.09. The van der Waals surface area contributed by atoms with Crippen LogP contribution in [0.4, 0.5) is 0 Å². The lowest BCUT2D eigenvalue weighted by Crippen LogP contribution is -2.10. The molecule has 0 radical (unpaired) electrons. The summed E-state index contributed by atoms with van der Waals surface area (Å²) < 4.78 is 5.91. The standard InChI is InChI=1S/C10H7Cl2N3O3/c1-18-9-6(12)7(10(16)17)15(14-9)8-5(11)3-2-4-13-8/h2-4H,1H3,(H,16,17). The largest absolute Gasteiger partial charge is 0.479 e. The van der Waals surface area contributed by atoms with Crippen LogP contribution in [0.25, 0.3) is 5.82 Å². The molecule has 18 heavy (non-hydrogen) atoms. The topological polar surface area (TPSA) is 77.2 Å². The summed E-state index contributed by atoms with van der Waals surface area (Å²) in [5.41, 5.74) is -0.255. The van der Waals surface area contributed by atoms with Gasteiger partial charge in [-0.25, -0.2) is 14.5 Å². The number of rotatable bonds is 3. The van der Waals surface area contributed by atoms with Crippen LogP contribution < -0.4 is 4.74 Å². The van der Waals surface area contributed by atoms with E-state index in [0.29, 0.717) is 0 Å². The number of carboxylic acids is 1. The number of hydrogen-bond acceptors (Lipinski definition) is 4. The lowest BCUT2D eigenvalue weighted by atomic mass is 10.4. The van der Waals surface area contributed by atoms with Crippen molar-refractivity contribution in [2.75, 3.05) is 7.11 Å². The minimum atomic E-state index is -1.25. The van der Waals surface area contributed by atoms with Gasteiger partial charge < -0.3 is 9.84 Å². The van der Waals surface area contributed by atoms with Crippen LogP contribution in [-0.2, 0) is 0 Å². The van der Waals surface area contributed by atoms with E-state index in [-0.39, 0.29) is 27.4 Å². The highest BCUT2D eigenvalue weighted by Crippen LogP contribution is 2.30. The number of hydrogen-bond donors (Lipinski definition) is 1. The molecule has 0 amide bonds. The normalized spacial score (nSPS) is 10.4. The van der Waals surface area contributed by atoms with Crippen molar-refractivity contribution in [3.05, 3.63) is 34.1 Å². The molecule has 0 unspecified atom stereocenters. The lowest BCUT2D eigenvalue weighted by Gasteiger charge is -2.04. The van der Waals surface area contributed by atoms with Crippen molar-refractivity contribution >= 4 is 29.2 Å². The van der Waals surface area contributed by atoms with E-state index >= 15 is 0 Å². The second-order valence-corrected chi connectivity index (χ2v) is 3.98. The van der Waals surface area contributed by atoms with E-state index in [0.717, 1.165) is 4.68 Å². The summed E-state index contributed by atoms with van der Waals surface area (Å²) in [6.07, 6.45) is 1.47. The van der Waals surface area contributed by atoms with Crippen LogP contribution in [-0.4, -0.2) is 33.0 Å². The highest BCUT2D eigenvalue weighted by Gasteiger charge is 2.25. The zero-order valence-corrected chi connectivity index (χ0v) is 10.6. The SMILES string of the molecule is COc1nn(-c2ncccc2Cl)c(C(=O)O)c1Cl. The summed E-state index contributed by atoms with van der Waals surface area (Å²) in [5, 5.41) is 13.2. The Morgan fingerprint density at radius 1 is 1.50 bits per heavy atom. The first-order chi connectivity index (χ1) is 8.56. The van der Waals surface area contributed by atoms with E-state index in [4.69, 9.17) is 33.0 Å². The smallest absolute Gasteiger partial charge is 0.356 e. The fraction of sp³-hybridized carbons (Fsp3) is 0.100. The number of halogens is 2. The van der Waals surface area contributed by atoms with Gasteiger partial charge in [0.25, 0.3) is 5.88 Å². The van der Waals surface area contributed by atoms with Crippen LogP contribution in [0.5, 0.6) is 5.88 Å². The molecule has 0 aliphatic carbocycles. The second-order valence-electron chi connectivity index (χ2n) is 3.20. The highest BCUT2D eigenvalue weighted by atomic mass is 35.5. The summed E-state index contributed by atoms with van der Waals surface area (Å²) in [4.78, 5) is 15.2. The molecule has 0 aliphatic rings. The van der Waals surface area contributed by atoms with Crippen molar-refractivity contribution in [2.45, 2.75) is 0 Å². The average Bonchev–Trinajstić information content (AvgIpc) is 2.66. The molecule has 2 rings (SSSR count). The number of nitrogens with zero attached hydrogens (tertiary/aromatic N) is 3. The Kier molecular flexibility index (Phi) is 3.40. The van der Waals surface area contributed by atoms with Crippen LogP contribution in [0.3, 0.4) is 0 Å². The van der Waals surface area contributed by atoms with E-state index in [9.17, 15) is 4.79 Å². The van der Waals surface area contributed by atoms with Crippen LogP contribution in [0.15, 0.2) is 18.3 Å². The van der Waals surface area contributed by atoms with Gasteiger partial charge in [0.1, 0.15) is 5.02 Å². The molecule has 0 spiro atoms. The van der Waals surface area contributed by atoms with E-state index in [2.05, 4.69) is 10.1 Å². The summed E-state index contributed by atoms with van der Waals surface area (Å²) in [6, 6.07) is 3.19. The Morgan fingerprint density at radius 3 is 2.78 bits per heavy atom. The number of aromatic nitrogens is 3. The molecular weight excluding hydrogens is 281 g/mol. The van der Waals surface area contributed by atoms with Gasteiger partial charge in [0.15, 0.2) is 11.5 Å². The molecule has 6 nitrogen and oxygen atoms in total. The lowest BCUT2D eigenvalue weighted by molar-refractivity contribution is 0.0687. The second kappa shape index (κ2) is 4.83. The molecule has 0 fully saturated rings. The van der Waals surface area contributed by atoms with E-state index in [1.807, 2.05) is 0 Å². The Morgan fingerprint density at radius 2 is 2.22 bits per heavy atom. The van der Waals surface area contributed by atoms with Crippen LogP contribution >= 0.6 is 23.2 Å². The van der Waals surface area contributed by atoms with Gasteiger partial charge in [-0.05, 0) is 12.1 Å². The minimum Gasteiger partial charge on any atom is -0.479 e. The Hall–Kier alpha value is -1.79. The van der Waals surface area contributed by atoms with Crippen molar-refractivity contribution in [3.8, 4) is 11.7 Å². The summed E-state index contributed by atoms with van der Waals surface area (Å²) in [7, 11) is 1.34. The van der Waals surface area contributed by atoms with Gasteiger partial charge in [-0.15, -0.1) is 5.10 Å². The van der Waals surface area contributed by atoms with Crippen molar-refractivity contribution in [1.82, 2.24) is 14.8 Å². The van der Waals surface area contributed by atoms with Crippen LogP contribution in [0, 0.1) is 0 Å². The predicted molar refractivity (Wildman–Crippen MR) is 64.9 cm³/mol. The molecule has 1 N–H and O–H groups in total.